The summed E-state index contributed by atoms with van der Waals surface area (Å²) in [6.07, 6.45) is 58.8. The Hall–Kier alpha value is -1.08. The zero-order valence-electron chi connectivity index (χ0n) is 29.6. The summed E-state index contributed by atoms with van der Waals surface area (Å²) in [7, 11) is 0. The molecule has 43 heavy (non-hydrogen) atoms. The van der Waals surface area contributed by atoms with Crippen LogP contribution in [0.15, 0.2) is 48.6 Å². The van der Waals surface area contributed by atoms with E-state index in [-0.39, 0.29) is 0 Å². The summed E-state index contributed by atoms with van der Waals surface area (Å²) in [5.74, 6) is 0. The molecule has 0 aromatic heterocycles. The molecule has 0 amide bonds. The fraction of sp³-hybridized carbons (Fsp3) is 0.810. The lowest BCUT2D eigenvalue weighted by molar-refractivity contribution is 0.142. The van der Waals surface area contributed by atoms with E-state index in [4.69, 9.17) is 0 Å². The third-order valence-electron chi connectivity index (χ3n) is 9.38. The van der Waals surface area contributed by atoms with Crippen LogP contribution in [0.2, 0.25) is 0 Å². The van der Waals surface area contributed by atoms with Gasteiger partial charge < -0.3 is 4.90 Å². The number of hydrogen-bond donors (Lipinski definition) is 0. The predicted octanol–water partition coefficient (Wildman–Crippen LogP) is 14.2. The van der Waals surface area contributed by atoms with Crippen LogP contribution in [0.1, 0.15) is 200 Å². The van der Waals surface area contributed by atoms with Gasteiger partial charge in [-0.25, -0.2) is 0 Å². The topological polar surface area (TPSA) is 3.24 Å². The van der Waals surface area contributed by atoms with Crippen molar-refractivity contribution in [2.24, 2.45) is 0 Å². The lowest BCUT2D eigenvalue weighted by atomic mass is 9.97. The molecule has 0 atom stereocenters. The minimum absolute atomic E-state index is 0.872. The Morgan fingerprint density at radius 2 is 0.744 bits per heavy atom. The molecule has 0 aliphatic carbocycles. The second kappa shape index (κ2) is 33.8. The Kier molecular flexibility index (Phi) is 31.4. The molecule has 250 valence electrons. The van der Waals surface area contributed by atoms with Crippen molar-refractivity contribution in [3.63, 3.8) is 0 Å². The van der Waals surface area contributed by atoms with Gasteiger partial charge >= 0.3 is 0 Å². The summed E-state index contributed by atoms with van der Waals surface area (Å²) in [6.45, 7) is 7.29. The molecule has 1 aliphatic heterocycles. The Bertz CT molecular complexity index is 602. The average Bonchev–Trinajstić information content (AvgIpc) is 3.03. The van der Waals surface area contributed by atoms with Crippen molar-refractivity contribution < 1.29 is 0 Å². The van der Waals surface area contributed by atoms with Gasteiger partial charge in [-0.15, -0.1) is 0 Å². The van der Waals surface area contributed by atoms with Gasteiger partial charge in [0, 0.05) is 6.04 Å². The van der Waals surface area contributed by atoms with Crippen molar-refractivity contribution in [1.29, 1.82) is 0 Å². The molecular weight excluding hydrogens is 518 g/mol. The molecule has 1 saturated heterocycles. The quantitative estimate of drug-likeness (QED) is 0.0569. The maximum Gasteiger partial charge on any atom is 0.00952 e. The highest BCUT2D eigenvalue weighted by molar-refractivity contribution is 4.93. The van der Waals surface area contributed by atoms with E-state index in [0.717, 1.165) is 18.9 Å². The number of rotatable bonds is 31. The van der Waals surface area contributed by atoms with Crippen LogP contribution in [-0.2, 0) is 0 Å². The van der Waals surface area contributed by atoms with Gasteiger partial charge in [0.15, 0.2) is 0 Å². The van der Waals surface area contributed by atoms with Crippen LogP contribution in [-0.4, -0.2) is 24.0 Å². The second-order valence-electron chi connectivity index (χ2n) is 13.5. The van der Waals surface area contributed by atoms with Gasteiger partial charge in [-0.1, -0.05) is 159 Å². The summed E-state index contributed by atoms with van der Waals surface area (Å²) in [5.41, 5.74) is 0. The number of piperidine rings is 1. The summed E-state index contributed by atoms with van der Waals surface area (Å²) < 4.78 is 0. The van der Waals surface area contributed by atoms with E-state index < -0.39 is 0 Å². The van der Waals surface area contributed by atoms with Crippen molar-refractivity contribution in [2.75, 3.05) is 13.1 Å². The largest absolute Gasteiger partial charge is 0.300 e. The zero-order valence-corrected chi connectivity index (χ0v) is 29.6. The van der Waals surface area contributed by atoms with E-state index in [1.54, 1.807) is 0 Å². The van der Waals surface area contributed by atoms with Crippen molar-refractivity contribution in [2.45, 2.75) is 206 Å². The van der Waals surface area contributed by atoms with E-state index in [2.05, 4.69) is 67.4 Å². The molecule has 0 N–H and O–H groups in total. The highest BCUT2D eigenvalue weighted by atomic mass is 15.2. The molecule has 0 aromatic rings. The van der Waals surface area contributed by atoms with Gasteiger partial charge in [0.2, 0.25) is 0 Å². The zero-order chi connectivity index (χ0) is 30.7. The molecule has 1 nitrogen and oxygen atoms in total. The predicted molar refractivity (Wildman–Crippen MR) is 197 cm³/mol. The van der Waals surface area contributed by atoms with Gasteiger partial charge in [0.25, 0.3) is 0 Å². The maximum atomic E-state index is 2.88. The minimum atomic E-state index is 0.872. The van der Waals surface area contributed by atoms with Gasteiger partial charge in [-0.2, -0.15) is 0 Å². The molecule has 1 fully saturated rings. The molecule has 1 heterocycles. The lowest BCUT2D eigenvalue weighted by Gasteiger charge is -2.35. The average molecular weight is 596 g/mol. The van der Waals surface area contributed by atoms with Crippen LogP contribution in [0.4, 0.5) is 0 Å². The van der Waals surface area contributed by atoms with E-state index in [1.165, 1.54) is 186 Å². The van der Waals surface area contributed by atoms with Gasteiger partial charge in [-0.05, 0) is 103 Å². The normalized spacial score (nSPS) is 15.7. The summed E-state index contributed by atoms with van der Waals surface area (Å²) >= 11 is 0. The molecule has 1 rings (SSSR count). The summed E-state index contributed by atoms with van der Waals surface area (Å²) in [6, 6.07) is 0.872. The van der Waals surface area contributed by atoms with Crippen molar-refractivity contribution in [1.82, 2.24) is 4.90 Å². The van der Waals surface area contributed by atoms with E-state index in [9.17, 15) is 0 Å². The Labute approximate surface area is 272 Å². The number of nitrogens with zero attached hydrogens (tertiary/aromatic N) is 1. The maximum absolute atomic E-state index is 2.88. The molecule has 0 saturated carbocycles. The van der Waals surface area contributed by atoms with Gasteiger partial charge in [0.05, 0.1) is 0 Å². The molecule has 0 radical (unpaired) electrons. The summed E-state index contributed by atoms with van der Waals surface area (Å²) in [4.78, 5) is 2.88. The van der Waals surface area contributed by atoms with E-state index in [0.29, 0.717) is 0 Å². The standard InChI is InChI=1S/C42H77N/c1-3-5-7-9-11-13-15-17-19-21-23-25-27-29-31-34-38-42(43-40-36-33-37-41-43)39-35-32-30-28-26-24-22-20-18-16-14-12-10-8-6-4-2/h11-14,17-20,42H,3-10,15-16,21-41H2,1-2H3. The van der Waals surface area contributed by atoms with Gasteiger partial charge in [-0.3, -0.25) is 0 Å². The molecule has 1 aliphatic rings. The fourth-order valence-corrected chi connectivity index (χ4v) is 6.53. The molecule has 0 aromatic carbocycles. The van der Waals surface area contributed by atoms with Gasteiger partial charge in [0.1, 0.15) is 0 Å². The number of hydrogen-bond acceptors (Lipinski definition) is 1. The first-order chi connectivity index (χ1) is 21.4. The Morgan fingerprint density at radius 3 is 1.14 bits per heavy atom. The van der Waals surface area contributed by atoms with Crippen LogP contribution < -0.4 is 0 Å². The fourth-order valence-electron chi connectivity index (χ4n) is 6.53. The van der Waals surface area contributed by atoms with Crippen molar-refractivity contribution in [3.05, 3.63) is 48.6 Å². The first kappa shape index (κ1) is 39.9. The smallest absolute Gasteiger partial charge is 0.00952 e. The Balaban J connectivity index is 2.02. The third-order valence-corrected chi connectivity index (χ3v) is 9.38. The van der Waals surface area contributed by atoms with Crippen LogP contribution in [0.5, 0.6) is 0 Å². The highest BCUT2D eigenvalue weighted by Gasteiger charge is 2.19. The molecule has 1 heteroatoms. The monoisotopic (exact) mass is 596 g/mol. The molecular formula is C42H77N. The van der Waals surface area contributed by atoms with E-state index in [1.807, 2.05) is 0 Å². The lowest BCUT2D eigenvalue weighted by Crippen LogP contribution is -2.39. The van der Waals surface area contributed by atoms with Crippen LogP contribution >= 0.6 is 0 Å². The van der Waals surface area contributed by atoms with Crippen molar-refractivity contribution >= 4 is 0 Å². The number of allylic oxidation sites excluding steroid dienone is 8. The first-order valence-electron chi connectivity index (χ1n) is 19.7. The SMILES string of the molecule is CCCCCC=CCC=CCCCCCCCCC(CCCCCCCCC=CCC=CCCCCC)N1CCCCC1. The Morgan fingerprint density at radius 1 is 0.395 bits per heavy atom. The number of likely N-dealkylation sites (tertiary alicyclic amines) is 1. The van der Waals surface area contributed by atoms with E-state index >= 15 is 0 Å². The minimum Gasteiger partial charge on any atom is -0.300 e. The van der Waals surface area contributed by atoms with Crippen LogP contribution in [0.3, 0.4) is 0 Å². The second-order valence-corrected chi connectivity index (χ2v) is 13.5. The number of unbranched alkanes of at least 4 members (excludes halogenated alkanes) is 18. The summed E-state index contributed by atoms with van der Waals surface area (Å²) in [5, 5.41) is 0. The third kappa shape index (κ3) is 28.2. The first-order valence-corrected chi connectivity index (χ1v) is 19.7. The molecule has 0 unspecified atom stereocenters. The molecule has 0 spiro atoms. The molecule has 0 bridgehead atoms. The van der Waals surface area contributed by atoms with Crippen LogP contribution in [0.25, 0.3) is 0 Å². The van der Waals surface area contributed by atoms with Crippen LogP contribution in [0, 0.1) is 0 Å². The highest BCUT2D eigenvalue weighted by Crippen LogP contribution is 2.22. The van der Waals surface area contributed by atoms with Crippen molar-refractivity contribution in [3.8, 4) is 0 Å².